The van der Waals surface area contributed by atoms with Crippen LogP contribution in [0.2, 0.25) is 0 Å². The van der Waals surface area contributed by atoms with Gasteiger partial charge in [0, 0.05) is 6.42 Å². The summed E-state index contributed by atoms with van der Waals surface area (Å²) in [6, 6.07) is 2.68. The molecular weight excluding hydrogens is 187 g/mol. The Bertz CT molecular complexity index is 387. The number of carbonyl (C=O) groups is 1. The lowest BCUT2D eigenvalue weighted by atomic mass is 10.0. The number of hydrogen-bond donors (Lipinski definition) is 0. The monoisotopic (exact) mass is 196 g/mol. The minimum atomic E-state index is -0.537. The van der Waals surface area contributed by atoms with Gasteiger partial charge in [-0.05, 0) is 12.1 Å². The second-order valence-electron chi connectivity index (χ2n) is 2.98. The van der Waals surface area contributed by atoms with Gasteiger partial charge in [0.25, 0.3) is 0 Å². The highest BCUT2D eigenvalue weighted by molar-refractivity contribution is 6.02. The van der Waals surface area contributed by atoms with Gasteiger partial charge in [0.2, 0.25) is 0 Å². The molecule has 1 aromatic carbocycles. The van der Waals surface area contributed by atoms with Crippen LogP contribution in [0.15, 0.2) is 12.1 Å². The molecule has 0 spiro atoms. The van der Waals surface area contributed by atoms with E-state index in [1.54, 1.807) is 0 Å². The van der Waals surface area contributed by atoms with Crippen molar-refractivity contribution in [3.8, 4) is 11.5 Å². The van der Waals surface area contributed by atoms with E-state index in [4.69, 9.17) is 9.47 Å². The van der Waals surface area contributed by atoms with Crippen LogP contribution in [0.3, 0.4) is 0 Å². The zero-order valence-electron chi connectivity index (χ0n) is 7.67. The van der Waals surface area contributed by atoms with Crippen LogP contribution >= 0.6 is 0 Å². The third-order valence-electron chi connectivity index (χ3n) is 2.14. The number of methoxy groups -OCH3 is 1. The number of ketones is 1. The molecule has 0 fully saturated rings. The molecule has 0 saturated heterocycles. The van der Waals surface area contributed by atoms with Crippen molar-refractivity contribution in [1.82, 2.24) is 0 Å². The molecule has 4 heteroatoms. The first-order valence-electron chi connectivity index (χ1n) is 4.26. The first-order valence-corrected chi connectivity index (χ1v) is 4.26. The van der Waals surface area contributed by atoms with Crippen molar-refractivity contribution in [3.05, 3.63) is 23.5 Å². The molecule has 74 valence electrons. The van der Waals surface area contributed by atoms with Gasteiger partial charge in [-0.1, -0.05) is 0 Å². The summed E-state index contributed by atoms with van der Waals surface area (Å²) in [6.07, 6.45) is 0.271. The number of benzene rings is 1. The van der Waals surface area contributed by atoms with Gasteiger partial charge in [0.05, 0.1) is 13.7 Å². The fraction of sp³-hybridized carbons (Fsp3) is 0.300. The number of halogens is 1. The Kier molecular flexibility index (Phi) is 2.11. The molecule has 0 saturated carbocycles. The number of carbonyl (C=O) groups excluding carboxylic acids is 1. The summed E-state index contributed by atoms with van der Waals surface area (Å²) in [5.41, 5.74) is 0.221. The quantitative estimate of drug-likeness (QED) is 0.687. The molecule has 0 bridgehead atoms. The van der Waals surface area contributed by atoms with Crippen LogP contribution < -0.4 is 9.47 Å². The second-order valence-corrected chi connectivity index (χ2v) is 2.98. The van der Waals surface area contributed by atoms with Crippen LogP contribution in [0, 0.1) is 5.82 Å². The number of Topliss-reactive ketones (excluding diaryl/α,β-unsaturated/α-hetero) is 1. The van der Waals surface area contributed by atoms with E-state index in [0.29, 0.717) is 12.4 Å². The van der Waals surface area contributed by atoms with Gasteiger partial charge in [-0.2, -0.15) is 0 Å². The van der Waals surface area contributed by atoms with E-state index in [2.05, 4.69) is 0 Å². The van der Waals surface area contributed by atoms with Crippen LogP contribution in [0.25, 0.3) is 0 Å². The van der Waals surface area contributed by atoms with Gasteiger partial charge in [0.1, 0.15) is 11.3 Å². The van der Waals surface area contributed by atoms with E-state index in [1.165, 1.54) is 19.2 Å². The summed E-state index contributed by atoms with van der Waals surface area (Å²) in [4.78, 5) is 11.5. The third-order valence-corrected chi connectivity index (χ3v) is 2.14. The lowest BCUT2D eigenvalue weighted by Crippen LogP contribution is -2.16. The molecule has 0 radical (unpaired) electrons. The Morgan fingerprint density at radius 2 is 2.29 bits per heavy atom. The predicted octanol–water partition coefficient (Wildman–Crippen LogP) is 1.80. The molecule has 0 atom stereocenters. The maximum Gasteiger partial charge on any atom is 0.173 e. The van der Waals surface area contributed by atoms with Crippen molar-refractivity contribution >= 4 is 5.78 Å². The lowest BCUT2D eigenvalue weighted by molar-refractivity contribution is 0.0928. The maximum absolute atomic E-state index is 13.2. The summed E-state index contributed by atoms with van der Waals surface area (Å²) >= 11 is 0. The average Bonchev–Trinajstić information content (AvgIpc) is 2.19. The summed E-state index contributed by atoms with van der Waals surface area (Å²) in [5.74, 6) is -0.292. The van der Waals surface area contributed by atoms with Gasteiger partial charge >= 0.3 is 0 Å². The van der Waals surface area contributed by atoms with Crippen molar-refractivity contribution in [2.24, 2.45) is 0 Å². The Morgan fingerprint density at radius 3 is 3.00 bits per heavy atom. The first kappa shape index (κ1) is 8.99. The lowest BCUT2D eigenvalue weighted by Gasteiger charge is -2.18. The van der Waals surface area contributed by atoms with E-state index < -0.39 is 5.82 Å². The van der Waals surface area contributed by atoms with Gasteiger partial charge in [-0.3, -0.25) is 4.79 Å². The molecule has 1 aliphatic rings. The molecule has 2 rings (SSSR count). The number of hydrogen-bond acceptors (Lipinski definition) is 3. The third kappa shape index (κ3) is 1.23. The Morgan fingerprint density at radius 1 is 1.50 bits per heavy atom. The van der Waals surface area contributed by atoms with Crippen LogP contribution in [-0.4, -0.2) is 19.5 Å². The smallest absolute Gasteiger partial charge is 0.173 e. The molecular formula is C10H9FO3. The molecule has 1 aromatic rings. The molecule has 1 heterocycles. The number of rotatable bonds is 1. The SMILES string of the molecule is COc1c(F)ccc2c1C(=O)CCO2. The highest BCUT2D eigenvalue weighted by Crippen LogP contribution is 2.34. The van der Waals surface area contributed by atoms with E-state index >= 15 is 0 Å². The van der Waals surface area contributed by atoms with Gasteiger partial charge < -0.3 is 9.47 Å². The van der Waals surface area contributed by atoms with Crippen molar-refractivity contribution in [2.75, 3.05) is 13.7 Å². The van der Waals surface area contributed by atoms with Crippen LogP contribution in [0.4, 0.5) is 4.39 Å². The van der Waals surface area contributed by atoms with E-state index in [9.17, 15) is 9.18 Å². The Labute approximate surface area is 80.4 Å². The number of fused-ring (bicyclic) bond motifs is 1. The van der Waals surface area contributed by atoms with Gasteiger partial charge in [-0.25, -0.2) is 4.39 Å². The Balaban J connectivity index is 2.63. The summed E-state index contributed by atoms with van der Waals surface area (Å²) in [6.45, 7) is 0.348. The first-order chi connectivity index (χ1) is 6.74. The highest BCUT2D eigenvalue weighted by Gasteiger charge is 2.25. The van der Waals surface area contributed by atoms with Gasteiger partial charge in [0.15, 0.2) is 17.3 Å². The van der Waals surface area contributed by atoms with Crippen LogP contribution in [0.5, 0.6) is 11.5 Å². The summed E-state index contributed by atoms with van der Waals surface area (Å²) < 4.78 is 23.3. The molecule has 0 amide bonds. The highest BCUT2D eigenvalue weighted by atomic mass is 19.1. The van der Waals surface area contributed by atoms with E-state index in [0.717, 1.165) is 0 Å². The van der Waals surface area contributed by atoms with Crippen molar-refractivity contribution in [1.29, 1.82) is 0 Å². The predicted molar refractivity (Wildman–Crippen MR) is 47.4 cm³/mol. The molecule has 0 unspecified atom stereocenters. The van der Waals surface area contributed by atoms with Crippen molar-refractivity contribution < 1.29 is 18.7 Å². The van der Waals surface area contributed by atoms with E-state index in [-0.39, 0.29) is 23.5 Å². The topological polar surface area (TPSA) is 35.5 Å². The fourth-order valence-electron chi connectivity index (χ4n) is 1.50. The average molecular weight is 196 g/mol. The number of ether oxygens (including phenoxy) is 2. The standard InChI is InChI=1S/C10H9FO3/c1-13-10-6(11)2-3-8-9(10)7(12)4-5-14-8/h2-3H,4-5H2,1H3. The normalized spacial score (nSPS) is 14.6. The van der Waals surface area contributed by atoms with Crippen molar-refractivity contribution in [2.45, 2.75) is 6.42 Å². The molecule has 1 aliphatic heterocycles. The fourth-order valence-corrected chi connectivity index (χ4v) is 1.50. The molecule has 0 N–H and O–H groups in total. The van der Waals surface area contributed by atoms with Crippen LogP contribution in [-0.2, 0) is 0 Å². The summed E-state index contributed by atoms with van der Waals surface area (Å²) in [7, 11) is 1.33. The Hall–Kier alpha value is -1.58. The second kappa shape index (κ2) is 3.29. The maximum atomic E-state index is 13.2. The summed E-state index contributed by atoms with van der Waals surface area (Å²) in [5, 5.41) is 0. The minimum Gasteiger partial charge on any atom is -0.493 e. The minimum absolute atomic E-state index is 0.0211. The largest absolute Gasteiger partial charge is 0.493 e. The van der Waals surface area contributed by atoms with Gasteiger partial charge in [-0.15, -0.1) is 0 Å². The van der Waals surface area contributed by atoms with Crippen molar-refractivity contribution in [3.63, 3.8) is 0 Å². The molecule has 14 heavy (non-hydrogen) atoms. The van der Waals surface area contributed by atoms with Crippen LogP contribution in [0.1, 0.15) is 16.8 Å². The zero-order valence-corrected chi connectivity index (χ0v) is 7.67. The molecule has 3 nitrogen and oxygen atoms in total. The molecule has 0 aromatic heterocycles. The molecule has 0 aliphatic carbocycles. The zero-order chi connectivity index (χ0) is 10.1. The van der Waals surface area contributed by atoms with E-state index in [1.807, 2.05) is 0 Å².